The van der Waals surface area contributed by atoms with Crippen molar-refractivity contribution in [2.24, 2.45) is 0 Å². The molecule has 0 radical (unpaired) electrons. The van der Waals surface area contributed by atoms with E-state index in [1.165, 1.54) is 40.7 Å². The van der Waals surface area contributed by atoms with E-state index >= 15 is 0 Å². The summed E-state index contributed by atoms with van der Waals surface area (Å²) in [6.07, 6.45) is 6.73. The minimum Gasteiger partial charge on any atom is -0.247 e. The highest BCUT2D eigenvalue weighted by Crippen LogP contribution is 2.39. The van der Waals surface area contributed by atoms with E-state index in [2.05, 4.69) is 51.5 Å². The summed E-state index contributed by atoms with van der Waals surface area (Å²) in [5.74, 6) is 1.69. The Morgan fingerprint density at radius 3 is 2.79 bits per heavy atom. The second-order valence-corrected chi connectivity index (χ2v) is 9.81. The predicted octanol–water partition coefficient (Wildman–Crippen LogP) is 5.79. The van der Waals surface area contributed by atoms with Gasteiger partial charge < -0.3 is 0 Å². The highest BCUT2D eigenvalue weighted by molar-refractivity contribution is 7.99. The molecule has 1 aliphatic carbocycles. The lowest BCUT2D eigenvalue weighted by molar-refractivity contribution is 0.700. The van der Waals surface area contributed by atoms with Crippen LogP contribution in [0.2, 0.25) is 0 Å². The number of hydrogen-bond acceptors (Lipinski definition) is 6. The Labute approximate surface area is 176 Å². The fourth-order valence-corrected chi connectivity index (χ4v) is 6.63. The standard InChI is InChI=1S/C21H20N4S3/c1-2-12-26-21-24-23-18-17-15-10-6-7-11-16(15)28-19(17)22-20(25(18)21)27-13-14-8-4-3-5-9-14/h2-5,8-9H,1,6-7,10-13H2. The van der Waals surface area contributed by atoms with E-state index in [0.29, 0.717) is 0 Å². The van der Waals surface area contributed by atoms with E-state index in [-0.39, 0.29) is 0 Å². The summed E-state index contributed by atoms with van der Waals surface area (Å²) in [7, 11) is 0. The third kappa shape index (κ3) is 3.25. The molecule has 0 atom stereocenters. The lowest BCUT2D eigenvalue weighted by atomic mass is 9.97. The number of fused-ring (bicyclic) bond motifs is 5. The summed E-state index contributed by atoms with van der Waals surface area (Å²) in [6.45, 7) is 3.84. The number of aromatic nitrogens is 4. The zero-order chi connectivity index (χ0) is 18.9. The SMILES string of the molecule is C=CCSc1nnc2c3c4c(sc3nc(SCc3ccccc3)n12)CCCC4. The molecule has 0 bridgehead atoms. The normalized spacial score (nSPS) is 13.9. The van der Waals surface area contributed by atoms with Crippen molar-refractivity contribution >= 4 is 50.7 Å². The van der Waals surface area contributed by atoms with E-state index < -0.39 is 0 Å². The van der Waals surface area contributed by atoms with Gasteiger partial charge >= 0.3 is 0 Å². The summed E-state index contributed by atoms with van der Waals surface area (Å²) in [5, 5.41) is 12.2. The molecule has 0 fully saturated rings. The molecule has 28 heavy (non-hydrogen) atoms. The maximum Gasteiger partial charge on any atom is 0.198 e. The van der Waals surface area contributed by atoms with Crippen molar-refractivity contribution in [1.82, 2.24) is 19.6 Å². The van der Waals surface area contributed by atoms with Crippen LogP contribution >= 0.6 is 34.9 Å². The first kappa shape index (κ1) is 18.2. The van der Waals surface area contributed by atoms with Gasteiger partial charge in [0.2, 0.25) is 0 Å². The van der Waals surface area contributed by atoms with Crippen LogP contribution in [0.3, 0.4) is 0 Å². The quantitative estimate of drug-likeness (QED) is 0.223. The van der Waals surface area contributed by atoms with Crippen molar-refractivity contribution in [1.29, 1.82) is 0 Å². The molecule has 142 valence electrons. The molecular weight excluding hydrogens is 404 g/mol. The van der Waals surface area contributed by atoms with Crippen LogP contribution in [-0.4, -0.2) is 25.3 Å². The average molecular weight is 425 g/mol. The molecule has 0 saturated carbocycles. The zero-order valence-electron chi connectivity index (χ0n) is 15.4. The van der Waals surface area contributed by atoms with E-state index in [4.69, 9.17) is 4.98 Å². The smallest absolute Gasteiger partial charge is 0.198 e. The lowest BCUT2D eigenvalue weighted by Crippen LogP contribution is -2.01. The average Bonchev–Trinajstić information content (AvgIpc) is 3.32. The van der Waals surface area contributed by atoms with Gasteiger partial charge in [-0.05, 0) is 36.8 Å². The summed E-state index contributed by atoms with van der Waals surface area (Å²) in [6, 6.07) is 10.5. The highest BCUT2D eigenvalue weighted by atomic mass is 32.2. The number of aryl methyl sites for hydroxylation is 2. The number of thiophene rings is 1. The Balaban J connectivity index is 1.65. The van der Waals surface area contributed by atoms with E-state index in [1.807, 2.05) is 17.4 Å². The molecular formula is C21H20N4S3. The molecule has 1 aliphatic rings. The van der Waals surface area contributed by atoms with Crippen molar-refractivity contribution in [2.75, 3.05) is 5.75 Å². The lowest BCUT2D eigenvalue weighted by Gasteiger charge is -2.11. The Morgan fingerprint density at radius 2 is 1.93 bits per heavy atom. The van der Waals surface area contributed by atoms with Gasteiger partial charge in [-0.25, -0.2) is 9.38 Å². The molecule has 4 aromatic rings. The van der Waals surface area contributed by atoms with E-state index in [9.17, 15) is 0 Å². The first-order valence-electron chi connectivity index (χ1n) is 9.45. The number of hydrogen-bond donors (Lipinski definition) is 0. The van der Waals surface area contributed by atoms with Crippen LogP contribution in [0.4, 0.5) is 0 Å². The van der Waals surface area contributed by atoms with Gasteiger partial charge in [-0.2, -0.15) is 0 Å². The zero-order valence-corrected chi connectivity index (χ0v) is 17.9. The first-order valence-corrected chi connectivity index (χ1v) is 12.2. The maximum absolute atomic E-state index is 5.09. The highest BCUT2D eigenvalue weighted by Gasteiger charge is 2.23. The number of nitrogens with zero attached hydrogens (tertiary/aromatic N) is 4. The summed E-state index contributed by atoms with van der Waals surface area (Å²) >= 11 is 5.27. The van der Waals surface area contributed by atoms with Crippen LogP contribution in [0.1, 0.15) is 28.8 Å². The minimum atomic E-state index is 0.809. The molecule has 7 heteroatoms. The largest absolute Gasteiger partial charge is 0.247 e. The van der Waals surface area contributed by atoms with Gasteiger partial charge in [0.05, 0.1) is 5.39 Å². The molecule has 5 rings (SSSR count). The van der Waals surface area contributed by atoms with Gasteiger partial charge in [0.25, 0.3) is 0 Å². The summed E-state index contributed by atoms with van der Waals surface area (Å²) in [5.41, 5.74) is 3.71. The Hall–Kier alpha value is -1.83. The van der Waals surface area contributed by atoms with Crippen LogP contribution in [0, 0.1) is 0 Å². The van der Waals surface area contributed by atoms with Gasteiger partial charge in [-0.15, -0.1) is 28.1 Å². The molecule has 0 saturated heterocycles. The number of benzene rings is 1. The van der Waals surface area contributed by atoms with E-state index in [0.717, 1.165) is 38.7 Å². The predicted molar refractivity (Wildman–Crippen MR) is 120 cm³/mol. The van der Waals surface area contributed by atoms with Crippen molar-refractivity contribution in [3.63, 3.8) is 0 Å². The van der Waals surface area contributed by atoms with Gasteiger partial charge in [-0.3, -0.25) is 0 Å². The third-order valence-electron chi connectivity index (χ3n) is 4.94. The van der Waals surface area contributed by atoms with Crippen LogP contribution in [-0.2, 0) is 18.6 Å². The molecule has 1 aromatic carbocycles. The van der Waals surface area contributed by atoms with Crippen LogP contribution in [0.15, 0.2) is 53.3 Å². The maximum atomic E-state index is 5.09. The summed E-state index contributed by atoms with van der Waals surface area (Å²) < 4.78 is 2.16. The second kappa shape index (κ2) is 7.89. The van der Waals surface area contributed by atoms with E-state index in [1.54, 1.807) is 23.5 Å². The third-order valence-corrected chi connectivity index (χ3v) is 8.06. The van der Waals surface area contributed by atoms with Gasteiger partial charge in [0.15, 0.2) is 16.0 Å². The van der Waals surface area contributed by atoms with Crippen molar-refractivity contribution in [3.05, 3.63) is 59.0 Å². The molecule has 0 N–H and O–H groups in total. The topological polar surface area (TPSA) is 43.1 Å². The molecule has 3 heterocycles. The number of rotatable bonds is 6. The molecule has 0 amide bonds. The van der Waals surface area contributed by atoms with Crippen LogP contribution in [0.5, 0.6) is 0 Å². The monoisotopic (exact) mass is 424 g/mol. The van der Waals surface area contributed by atoms with Gasteiger partial charge in [-0.1, -0.05) is 59.9 Å². The Kier molecular flexibility index (Phi) is 5.13. The fourth-order valence-electron chi connectivity index (χ4n) is 3.65. The second-order valence-electron chi connectivity index (χ2n) is 6.80. The Morgan fingerprint density at radius 1 is 1.07 bits per heavy atom. The van der Waals surface area contributed by atoms with Crippen molar-refractivity contribution in [2.45, 2.75) is 41.7 Å². The van der Waals surface area contributed by atoms with Crippen molar-refractivity contribution in [3.8, 4) is 0 Å². The molecule has 0 unspecified atom stereocenters. The molecule has 0 spiro atoms. The van der Waals surface area contributed by atoms with Crippen molar-refractivity contribution < 1.29 is 0 Å². The van der Waals surface area contributed by atoms with Gasteiger partial charge in [0, 0.05) is 16.4 Å². The molecule has 3 aromatic heterocycles. The first-order chi connectivity index (χ1) is 13.8. The van der Waals surface area contributed by atoms with Crippen LogP contribution in [0.25, 0.3) is 15.9 Å². The number of thioether (sulfide) groups is 2. The van der Waals surface area contributed by atoms with Gasteiger partial charge in [0.1, 0.15) is 4.83 Å². The Bertz CT molecular complexity index is 1150. The fraction of sp³-hybridized carbons (Fsp3) is 0.286. The summed E-state index contributed by atoms with van der Waals surface area (Å²) in [4.78, 5) is 7.69. The molecule has 0 aliphatic heterocycles. The molecule has 4 nitrogen and oxygen atoms in total. The van der Waals surface area contributed by atoms with Crippen LogP contribution < -0.4 is 0 Å². The minimum absolute atomic E-state index is 0.809.